The number of nitrogens with one attached hydrogen (secondary N) is 2. The summed E-state index contributed by atoms with van der Waals surface area (Å²) in [6, 6.07) is 13.3. The van der Waals surface area contributed by atoms with Crippen molar-refractivity contribution in [2.75, 3.05) is 18.5 Å². The summed E-state index contributed by atoms with van der Waals surface area (Å²) in [6.45, 7) is 5.33. The van der Waals surface area contributed by atoms with E-state index in [1.54, 1.807) is 6.26 Å². The first-order valence-electron chi connectivity index (χ1n) is 8.92. The van der Waals surface area contributed by atoms with Crippen molar-refractivity contribution >= 4 is 11.7 Å². The molecule has 27 heavy (non-hydrogen) atoms. The Morgan fingerprint density at radius 2 is 2.00 bits per heavy atom. The number of para-hydroxylation sites is 1. The van der Waals surface area contributed by atoms with Gasteiger partial charge in [-0.2, -0.15) is 5.10 Å². The lowest BCUT2D eigenvalue weighted by Gasteiger charge is -2.09. The Hall–Kier alpha value is -3.06. The summed E-state index contributed by atoms with van der Waals surface area (Å²) in [5.74, 6) is 0.794. The molecule has 0 radical (unpaired) electrons. The second-order valence-corrected chi connectivity index (χ2v) is 6.16. The Morgan fingerprint density at radius 1 is 1.19 bits per heavy atom. The normalized spacial score (nSPS) is 10.7. The van der Waals surface area contributed by atoms with E-state index >= 15 is 0 Å². The van der Waals surface area contributed by atoms with Crippen LogP contribution in [0.25, 0.3) is 5.69 Å². The minimum Gasteiger partial charge on any atom is -0.467 e. The van der Waals surface area contributed by atoms with Gasteiger partial charge < -0.3 is 19.8 Å². The van der Waals surface area contributed by atoms with Crippen molar-refractivity contribution in [2.24, 2.45) is 0 Å². The first-order valence-corrected chi connectivity index (χ1v) is 8.92. The highest BCUT2D eigenvalue weighted by molar-refractivity contribution is 5.90. The highest BCUT2D eigenvalue weighted by Gasteiger charge is 2.14. The molecule has 2 heterocycles. The highest BCUT2D eigenvalue weighted by Crippen LogP contribution is 2.22. The third-order valence-electron chi connectivity index (χ3n) is 4.11. The monoisotopic (exact) mass is 368 g/mol. The van der Waals surface area contributed by atoms with Crippen LogP contribution in [0.3, 0.4) is 0 Å². The number of carbonyl (C=O) groups excluding carboxylic acids is 1. The van der Waals surface area contributed by atoms with E-state index in [1.165, 1.54) is 0 Å². The van der Waals surface area contributed by atoms with Gasteiger partial charge in [0.1, 0.15) is 12.4 Å². The summed E-state index contributed by atoms with van der Waals surface area (Å²) < 4.78 is 12.5. The molecule has 1 aromatic carbocycles. The number of aryl methyl sites for hydroxylation is 1. The number of urea groups is 1. The Morgan fingerprint density at radius 3 is 2.74 bits per heavy atom. The van der Waals surface area contributed by atoms with Gasteiger partial charge in [-0.25, -0.2) is 9.48 Å². The van der Waals surface area contributed by atoms with Crippen LogP contribution in [0.4, 0.5) is 10.5 Å². The van der Waals surface area contributed by atoms with Crippen LogP contribution in [0, 0.1) is 13.8 Å². The van der Waals surface area contributed by atoms with E-state index in [9.17, 15) is 4.79 Å². The van der Waals surface area contributed by atoms with Gasteiger partial charge in [-0.1, -0.05) is 18.2 Å². The number of aromatic nitrogens is 2. The number of carbonyl (C=O) groups is 1. The lowest BCUT2D eigenvalue weighted by atomic mass is 10.3. The first-order chi connectivity index (χ1) is 13.1. The molecule has 7 heteroatoms. The zero-order valence-corrected chi connectivity index (χ0v) is 15.6. The molecule has 0 aliphatic heterocycles. The predicted molar refractivity (Wildman–Crippen MR) is 103 cm³/mol. The summed E-state index contributed by atoms with van der Waals surface area (Å²) >= 11 is 0. The molecule has 0 spiro atoms. The van der Waals surface area contributed by atoms with Crippen molar-refractivity contribution in [1.29, 1.82) is 0 Å². The topological polar surface area (TPSA) is 81.3 Å². The molecular weight excluding hydrogens is 344 g/mol. The van der Waals surface area contributed by atoms with Gasteiger partial charge >= 0.3 is 6.03 Å². The zero-order valence-electron chi connectivity index (χ0n) is 15.6. The van der Waals surface area contributed by atoms with Crippen LogP contribution in [-0.2, 0) is 11.3 Å². The van der Waals surface area contributed by atoms with Crippen LogP contribution >= 0.6 is 0 Å². The largest absolute Gasteiger partial charge is 0.467 e. The van der Waals surface area contributed by atoms with Gasteiger partial charge in [-0.15, -0.1) is 0 Å². The van der Waals surface area contributed by atoms with E-state index in [1.807, 2.05) is 61.0 Å². The van der Waals surface area contributed by atoms with Crippen molar-refractivity contribution in [3.63, 3.8) is 0 Å². The fraction of sp³-hybridized carbons (Fsp3) is 0.300. The average molecular weight is 368 g/mol. The number of rotatable bonds is 8. The molecule has 7 nitrogen and oxygen atoms in total. The van der Waals surface area contributed by atoms with Gasteiger partial charge in [0.2, 0.25) is 0 Å². The quantitative estimate of drug-likeness (QED) is 0.593. The number of anilines is 1. The summed E-state index contributed by atoms with van der Waals surface area (Å²) in [7, 11) is 0. The molecule has 0 aliphatic rings. The SMILES string of the molecule is Cc1nn(-c2ccccc2)c(C)c1NC(=O)NCCCOCc1ccco1. The maximum atomic E-state index is 12.2. The van der Waals surface area contributed by atoms with Crippen molar-refractivity contribution < 1.29 is 13.9 Å². The molecular formula is C20H24N4O3. The number of furan rings is 1. The second kappa shape index (κ2) is 9.05. The maximum Gasteiger partial charge on any atom is 0.319 e. The number of hydrogen-bond acceptors (Lipinski definition) is 4. The Labute approximate surface area is 158 Å². The van der Waals surface area contributed by atoms with Crippen LogP contribution in [0.2, 0.25) is 0 Å². The van der Waals surface area contributed by atoms with Crippen LogP contribution in [0.15, 0.2) is 53.1 Å². The molecule has 2 amide bonds. The molecule has 3 aromatic rings. The Bertz CT molecular complexity index is 857. The van der Waals surface area contributed by atoms with E-state index in [0.29, 0.717) is 19.8 Å². The number of ether oxygens (including phenoxy) is 1. The number of amides is 2. The number of hydrogen-bond donors (Lipinski definition) is 2. The predicted octanol–water partition coefficient (Wildman–Crippen LogP) is 3.81. The maximum absolute atomic E-state index is 12.2. The van der Waals surface area contributed by atoms with Gasteiger partial charge in [0, 0.05) is 13.2 Å². The van der Waals surface area contributed by atoms with Crippen LogP contribution < -0.4 is 10.6 Å². The van der Waals surface area contributed by atoms with Gasteiger partial charge in [0.25, 0.3) is 0 Å². The fourth-order valence-corrected chi connectivity index (χ4v) is 2.75. The number of nitrogens with zero attached hydrogens (tertiary/aromatic N) is 2. The first kappa shape index (κ1) is 18.7. The van der Waals surface area contributed by atoms with Gasteiger partial charge in [-0.05, 0) is 44.5 Å². The van der Waals surface area contributed by atoms with E-state index in [2.05, 4.69) is 15.7 Å². The third kappa shape index (κ3) is 4.98. The van der Waals surface area contributed by atoms with Crippen molar-refractivity contribution in [3.05, 3.63) is 65.9 Å². The minimum atomic E-state index is -0.250. The molecule has 142 valence electrons. The smallest absolute Gasteiger partial charge is 0.319 e. The molecule has 0 bridgehead atoms. The van der Waals surface area contributed by atoms with E-state index in [0.717, 1.165) is 34.9 Å². The lowest BCUT2D eigenvalue weighted by molar-refractivity contribution is 0.104. The molecule has 0 saturated heterocycles. The fourth-order valence-electron chi connectivity index (χ4n) is 2.75. The molecule has 2 aromatic heterocycles. The van der Waals surface area contributed by atoms with Crippen molar-refractivity contribution in [1.82, 2.24) is 15.1 Å². The van der Waals surface area contributed by atoms with E-state index in [4.69, 9.17) is 9.15 Å². The third-order valence-corrected chi connectivity index (χ3v) is 4.11. The molecule has 0 unspecified atom stereocenters. The summed E-state index contributed by atoms with van der Waals surface area (Å²) in [4.78, 5) is 12.2. The van der Waals surface area contributed by atoms with Crippen molar-refractivity contribution in [2.45, 2.75) is 26.9 Å². The summed E-state index contributed by atoms with van der Waals surface area (Å²) in [5.41, 5.74) is 3.34. The Kier molecular flexibility index (Phi) is 6.27. The second-order valence-electron chi connectivity index (χ2n) is 6.16. The molecule has 0 saturated carbocycles. The molecule has 0 atom stereocenters. The summed E-state index contributed by atoms with van der Waals surface area (Å²) in [5, 5.41) is 10.3. The van der Waals surface area contributed by atoms with E-state index in [-0.39, 0.29) is 6.03 Å². The summed E-state index contributed by atoms with van der Waals surface area (Å²) in [6.07, 6.45) is 2.34. The highest BCUT2D eigenvalue weighted by atomic mass is 16.5. The average Bonchev–Trinajstić information content (AvgIpc) is 3.29. The van der Waals surface area contributed by atoms with Crippen LogP contribution in [-0.4, -0.2) is 29.0 Å². The van der Waals surface area contributed by atoms with Crippen molar-refractivity contribution in [3.8, 4) is 5.69 Å². The van der Waals surface area contributed by atoms with Gasteiger partial charge in [-0.3, -0.25) is 0 Å². The lowest BCUT2D eigenvalue weighted by Crippen LogP contribution is -2.30. The zero-order chi connectivity index (χ0) is 19.1. The van der Waals surface area contributed by atoms with Gasteiger partial charge in [0.15, 0.2) is 0 Å². The van der Waals surface area contributed by atoms with E-state index < -0.39 is 0 Å². The minimum absolute atomic E-state index is 0.250. The number of benzene rings is 1. The standard InChI is InChI=1S/C20H24N4O3/c1-15-19(16(2)24(23-15)17-8-4-3-5-9-17)22-20(25)21-11-7-12-26-14-18-10-6-13-27-18/h3-6,8-10,13H,7,11-12,14H2,1-2H3,(H2,21,22,25). The molecule has 0 fully saturated rings. The molecule has 3 rings (SSSR count). The van der Waals surface area contributed by atoms with Crippen LogP contribution in [0.5, 0.6) is 0 Å². The van der Waals surface area contributed by atoms with Gasteiger partial charge in [0.05, 0.1) is 29.0 Å². The molecule has 0 aliphatic carbocycles. The molecule has 2 N–H and O–H groups in total. The Balaban J connectivity index is 1.44. The van der Waals surface area contributed by atoms with Crippen LogP contribution in [0.1, 0.15) is 23.6 Å².